The Morgan fingerprint density at radius 2 is 1.71 bits per heavy atom. The number of piperidine rings is 1. The maximum Gasteiger partial charge on any atom is 0.254 e. The van der Waals surface area contributed by atoms with Gasteiger partial charge in [-0.1, -0.05) is 19.1 Å². The Kier molecular flexibility index (Phi) is 5.51. The van der Waals surface area contributed by atoms with Crippen LogP contribution in [0.1, 0.15) is 35.7 Å². The molecule has 0 aliphatic carbocycles. The van der Waals surface area contributed by atoms with Gasteiger partial charge < -0.3 is 14.7 Å². The van der Waals surface area contributed by atoms with E-state index in [9.17, 15) is 4.79 Å². The van der Waals surface area contributed by atoms with Gasteiger partial charge in [-0.2, -0.15) is 0 Å². The van der Waals surface area contributed by atoms with Crippen molar-refractivity contribution in [1.82, 2.24) is 9.88 Å². The van der Waals surface area contributed by atoms with E-state index < -0.39 is 0 Å². The van der Waals surface area contributed by atoms with E-state index in [1.807, 2.05) is 17.0 Å². The molecule has 2 aromatic rings. The summed E-state index contributed by atoms with van der Waals surface area (Å²) in [6.45, 7) is 9.74. The molecule has 28 heavy (non-hydrogen) atoms. The summed E-state index contributed by atoms with van der Waals surface area (Å²) >= 11 is 0. The first-order valence-electron chi connectivity index (χ1n) is 10.4. The van der Waals surface area contributed by atoms with Crippen LogP contribution in [0, 0.1) is 12.8 Å². The third kappa shape index (κ3) is 4.13. The monoisotopic (exact) mass is 378 g/mol. The number of benzene rings is 1. The largest absolute Gasteiger partial charge is 0.368 e. The number of amides is 1. The summed E-state index contributed by atoms with van der Waals surface area (Å²) in [5, 5.41) is 0. The molecule has 148 valence electrons. The fourth-order valence-electron chi connectivity index (χ4n) is 4.14. The van der Waals surface area contributed by atoms with Crippen LogP contribution in [0.2, 0.25) is 0 Å². The highest BCUT2D eigenvalue weighted by molar-refractivity contribution is 5.95. The second-order valence-electron chi connectivity index (χ2n) is 8.19. The van der Waals surface area contributed by atoms with Crippen LogP contribution < -0.4 is 9.80 Å². The lowest BCUT2D eigenvalue weighted by molar-refractivity contribution is 0.0746. The van der Waals surface area contributed by atoms with Crippen LogP contribution in [0.4, 0.5) is 11.5 Å². The van der Waals surface area contributed by atoms with Crippen molar-refractivity contribution in [3.63, 3.8) is 0 Å². The van der Waals surface area contributed by atoms with Crippen LogP contribution in [-0.4, -0.2) is 55.1 Å². The van der Waals surface area contributed by atoms with Gasteiger partial charge in [0, 0.05) is 56.7 Å². The molecule has 5 heteroatoms. The van der Waals surface area contributed by atoms with E-state index in [0.717, 1.165) is 56.6 Å². The Hall–Kier alpha value is -2.56. The number of carbonyl (C=O) groups is 1. The molecule has 0 atom stereocenters. The number of pyridine rings is 1. The summed E-state index contributed by atoms with van der Waals surface area (Å²) in [5.74, 6) is 1.85. The number of aryl methyl sites for hydroxylation is 1. The molecule has 0 bridgehead atoms. The first-order valence-corrected chi connectivity index (χ1v) is 10.4. The van der Waals surface area contributed by atoms with Crippen LogP contribution in [0.25, 0.3) is 0 Å². The predicted octanol–water partition coefficient (Wildman–Crippen LogP) is 3.59. The number of anilines is 2. The second-order valence-corrected chi connectivity index (χ2v) is 8.19. The molecule has 0 N–H and O–H groups in total. The molecule has 0 spiro atoms. The molecule has 2 saturated heterocycles. The second kappa shape index (κ2) is 8.21. The Bertz CT molecular complexity index is 821. The van der Waals surface area contributed by atoms with Gasteiger partial charge in [-0.3, -0.25) is 4.79 Å². The number of carbonyl (C=O) groups excluding carboxylic acids is 1. The summed E-state index contributed by atoms with van der Waals surface area (Å²) in [6.07, 6.45) is 4.17. The van der Waals surface area contributed by atoms with Crippen LogP contribution in [-0.2, 0) is 0 Å². The summed E-state index contributed by atoms with van der Waals surface area (Å²) in [6, 6.07) is 12.4. The summed E-state index contributed by atoms with van der Waals surface area (Å²) in [4.78, 5) is 24.2. The van der Waals surface area contributed by atoms with Crippen molar-refractivity contribution >= 4 is 17.4 Å². The lowest BCUT2D eigenvalue weighted by Gasteiger charge is -2.36. The van der Waals surface area contributed by atoms with Gasteiger partial charge in [-0.15, -0.1) is 0 Å². The van der Waals surface area contributed by atoms with E-state index in [1.165, 1.54) is 24.1 Å². The van der Waals surface area contributed by atoms with Gasteiger partial charge in [0.15, 0.2) is 0 Å². The highest BCUT2D eigenvalue weighted by atomic mass is 16.2. The predicted molar refractivity (Wildman–Crippen MR) is 114 cm³/mol. The van der Waals surface area contributed by atoms with Gasteiger partial charge in [0.25, 0.3) is 5.91 Å². The third-order valence-electron chi connectivity index (χ3n) is 6.03. The van der Waals surface area contributed by atoms with E-state index in [0.29, 0.717) is 0 Å². The Morgan fingerprint density at radius 3 is 2.43 bits per heavy atom. The van der Waals surface area contributed by atoms with Crippen LogP contribution in [0.15, 0.2) is 42.6 Å². The lowest BCUT2D eigenvalue weighted by Crippen LogP contribution is -2.48. The van der Waals surface area contributed by atoms with Gasteiger partial charge in [-0.05, 0) is 55.5 Å². The Labute approximate surface area is 168 Å². The number of rotatable bonds is 3. The minimum atomic E-state index is 0.123. The molecular weight excluding hydrogens is 348 g/mol. The smallest absolute Gasteiger partial charge is 0.254 e. The van der Waals surface area contributed by atoms with E-state index in [4.69, 9.17) is 0 Å². The quantitative estimate of drug-likeness (QED) is 0.818. The number of hydrogen-bond acceptors (Lipinski definition) is 4. The zero-order valence-corrected chi connectivity index (χ0v) is 17.0. The van der Waals surface area contributed by atoms with Crippen LogP contribution >= 0.6 is 0 Å². The van der Waals surface area contributed by atoms with Gasteiger partial charge >= 0.3 is 0 Å². The van der Waals surface area contributed by atoms with E-state index in [2.05, 4.69) is 52.9 Å². The fraction of sp³-hybridized carbons (Fsp3) is 0.478. The number of nitrogens with zero attached hydrogens (tertiary/aromatic N) is 4. The van der Waals surface area contributed by atoms with Crippen molar-refractivity contribution < 1.29 is 4.79 Å². The van der Waals surface area contributed by atoms with Crippen molar-refractivity contribution in [1.29, 1.82) is 0 Å². The molecule has 2 aliphatic heterocycles. The maximum atomic E-state index is 13.0. The van der Waals surface area contributed by atoms with Crippen molar-refractivity contribution in [2.75, 3.05) is 49.1 Å². The average Bonchev–Trinajstić information content (AvgIpc) is 2.74. The molecule has 0 radical (unpaired) electrons. The minimum Gasteiger partial charge on any atom is -0.368 e. The van der Waals surface area contributed by atoms with E-state index >= 15 is 0 Å². The fourth-order valence-corrected chi connectivity index (χ4v) is 4.14. The highest BCUT2D eigenvalue weighted by Gasteiger charge is 2.24. The maximum absolute atomic E-state index is 13.0. The summed E-state index contributed by atoms with van der Waals surface area (Å²) in [7, 11) is 0. The van der Waals surface area contributed by atoms with E-state index in [-0.39, 0.29) is 5.91 Å². The first kappa shape index (κ1) is 18.8. The van der Waals surface area contributed by atoms with Crippen LogP contribution in [0.5, 0.6) is 0 Å². The van der Waals surface area contributed by atoms with Crippen molar-refractivity contribution in [2.24, 2.45) is 5.92 Å². The molecule has 1 amide bonds. The minimum absolute atomic E-state index is 0.123. The molecular formula is C23H30N4O. The molecule has 2 fully saturated rings. The SMILES string of the molecule is Cc1cccc(N2CCN(C(=O)c3ccnc(N4CCC(C)CC4)c3)CC2)c1. The zero-order valence-electron chi connectivity index (χ0n) is 17.0. The van der Waals surface area contributed by atoms with Gasteiger partial charge in [0.05, 0.1) is 0 Å². The van der Waals surface area contributed by atoms with Gasteiger partial charge in [-0.25, -0.2) is 4.98 Å². The van der Waals surface area contributed by atoms with E-state index in [1.54, 1.807) is 6.20 Å². The van der Waals surface area contributed by atoms with Crippen LogP contribution in [0.3, 0.4) is 0 Å². The first-order chi connectivity index (χ1) is 13.6. The number of aromatic nitrogens is 1. The normalized spacial score (nSPS) is 18.4. The lowest BCUT2D eigenvalue weighted by atomic mass is 9.99. The topological polar surface area (TPSA) is 39.7 Å². The summed E-state index contributed by atoms with van der Waals surface area (Å²) in [5.41, 5.74) is 3.28. The van der Waals surface area contributed by atoms with Gasteiger partial charge in [0.1, 0.15) is 5.82 Å². The number of piperazine rings is 1. The molecule has 2 aliphatic rings. The van der Waals surface area contributed by atoms with Crippen molar-refractivity contribution in [3.8, 4) is 0 Å². The molecule has 1 aromatic heterocycles. The van der Waals surface area contributed by atoms with Crippen molar-refractivity contribution in [3.05, 3.63) is 53.7 Å². The molecule has 4 rings (SSSR count). The van der Waals surface area contributed by atoms with Crippen molar-refractivity contribution in [2.45, 2.75) is 26.7 Å². The molecule has 5 nitrogen and oxygen atoms in total. The standard InChI is InChI=1S/C23H30N4O/c1-18-7-10-26(11-8-18)22-17-20(6-9-24-22)23(28)27-14-12-25(13-15-27)21-5-3-4-19(2)16-21/h3-6,9,16-18H,7-8,10-15H2,1-2H3. The third-order valence-corrected chi connectivity index (χ3v) is 6.03. The highest BCUT2D eigenvalue weighted by Crippen LogP contribution is 2.23. The molecule has 0 unspecified atom stereocenters. The van der Waals surface area contributed by atoms with Gasteiger partial charge in [0.2, 0.25) is 0 Å². The zero-order chi connectivity index (χ0) is 19.5. The Morgan fingerprint density at radius 1 is 0.964 bits per heavy atom. The summed E-state index contributed by atoms with van der Waals surface area (Å²) < 4.78 is 0. The number of hydrogen-bond donors (Lipinski definition) is 0. The molecule has 0 saturated carbocycles. The molecule has 1 aromatic carbocycles. The average molecular weight is 379 g/mol. The molecule has 3 heterocycles. The Balaban J connectivity index is 1.39.